The van der Waals surface area contributed by atoms with E-state index >= 15 is 0 Å². The maximum Gasteiger partial charge on any atom is 0.276 e. The highest BCUT2D eigenvalue weighted by atomic mass is 79.9. The number of benzene rings is 4. The van der Waals surface area contributed by atoms with E-state index < -0.39 is 12.1 Å². The van der Waals surface area contributed by atoms with Crippen LogP contribution in [0.2, 0.25) is 0 Å². The molecule has 5 aromatic rings. The minimum atomic E-state index is -0.838. The predicted octanol–water partition coefficient (Wildman–Crippen LogP) is 7.02. The highest BCUT2D eigenvalue weighted by molar-refractivity contribution is 9.10. The first-order chi connectivity index (χ1) is 19.5. The fourth-order valence-corrected chi connectivity index (χ4v) is 5.73. The maximum absolute atomic E-state index is 14.0. The molecule has 2 unspecified atom stereocenters. The van der Waals surface area contributed by atoms with Crippen LogP contribution in [0.5, 0.6) is 0 Å². The van der Waals surface area contributed by atoms with E-state index in [0.29, 0.717) is 17.7 Å². The summed E-state index contributed by atoms with van der Waals surface area (Å²) in [6.07, 6.45) is -0.460. The monoisotopic (exact) mass is 591 g/mol. The van der Waals surface area contributed by atoms with Gasteiger partial charge in [0.25, 0.3) is 11.5 Å². The maximum atomic E-state index is 14.0. The Morgan fingerprint density at radius 2 is 1.57 bits per heavy atom. The second-order valence-electron chi connectivity index (χ2n) is 9.65. The molecule has 1 aliphatic heterocycles. The number of aromatic nitrogens is 1. The minimum absolute atomic E-state index is 0.250. The summed E-state index contributed by atoms with van der Waals surface area (Å²) in [5.41, 5.74) is 4.84. The van der Waals surface area contributed by atoms with Gasteiger partial charge in [-0.25, -0.2) is 5.01 Å². The van der Waals surface area contributed by atoms with E-state index in [2.05, 4.69) is 20.9 Å². The SMILES string of the molecule is COC(C(=O)N1N=C(c2c(-c3ccccc3)c3cc(Br)ccc3[nH]c2=O)CC1c1ccccc1)c1ccccc1. The predicted molar refractivity (Wildman–Crippen MR) is 161 cm³/mol. The Morgan fingerprint density at radius 3 is 2.25 bits per heavy atom. The number of hydrazone groups is 1. The Kier molecular flexibility index (Phi) is 7.15. The van der Waals surface area contributed by atoms with E-state index in [-0.39, 0.29) is 11.5 Å². The van der Waals surface area contributed by atoms with Gasteiger partial charge in [0.2, 0.25) is 0 Å². The third kappa shape index (κ3) is 4.78. The number of pyridine rings is 1. The topological polar surface area (TPSA) is 74.8 Å². The molecule has 0 fully saturated rings. The fraction of sp³-hybridized carbons (Fsp3) is 0.121. The molecule has 40 heavy (non-hydrogen) atoms. The van der Waals surface area contributed by atoms with Crippen molar-refractivity contribution in [1.82, 2.24) is 9.99 Å². The van der Waals surface area contributed by atoms with Crippen LogP contribution in [-0.4, -0.2) is 28.7 Å². The molecule has 0 aliphatic carbocycles. The number of nitrogens with zero attached hydrogens (tertiary/aromatic N) is 2. The summed E-state index contributed by atoms with van der Waals surface area (Å²) in [6, 6.07) is 34.4. The quantitative estimate of drug-likeness (QED) is 0.230. The van der Waals surface area contributed by atoms with Gasteiger partial charge in [0.1, 0.15) is 0 Å². The molecule has 0 saturated carbocycles. The lowest BCUT2D eigenvalue weighted by atomic mass is 9.91. The first-order valence-electron chi connectivity index (χ1n) is 13.0. The largest absolute Gasteiger partial charge is 0.367 e. The van der Waals surface area contributed by atoms with Gasteiger partial charge in [-0.15, -0.1) is 0 Å². The second-order valence-corrected chi connectivity index (χ2v) is 10.6. The Labute approximate surface area is 240 Å². The Balaban J connectivity index is 1.55. The number of carbonyl (C=O) groups is 1. The molecule has 0 radical (unpaired) electrons. The molecular formula is C33H26BrN3O3. The molecule has 198 valence electrons. The highest BCUT2D eigenvalue weighted by Gasteiger charge is 2.38. The van der Waals surface area contributed by atoms with Crippen LogP contribution >= 0.6 is 15.9 Å². The van der Waals surface area contributed by atoms with Gasteiger partial charge in [-0.1, -0.05) is 107 Å². The normalized spacial score (nSPS) is 15.7. The number of ether oxygens (including phenoxy) is 1. The highest BCUT2D eigenvalue weighted by Crippen LogP contribution is 2.38. The summed E-state index contributed by atoms with van der Waals surface area (Å²) in [6.45, 7) is 0. The zero-order valence-electron chi connectivity index (χ0n) is 21.8. The summed E-state index contributed by atoms with van der Waals surface area (Å²) in [4.78, 5) is 30.8. The Hall–Kier alpha value is -4.33. The third-order valence-corrected chi connectivity index (χ3v) is 7.70. The summed E-state index contributed by atoms with van der Waals surface area (Å²) < 4.78 is 6.59. The number of methoxy groups -OCH3 is 1. The zero-order chi connectivity index (χ0) is 27.6. The third-order valence-electron chi connectivity index (χ3n) is 7.21. The number of aromatic amines is 1. The van der Waals surface area contributed by atoms with Crippen molar-refractivity contribution in [3.63, 3.8) is 0 Å². The van der Waals surface area contributed by atoms with E-state index in [0.717, 1.165) is 37.6 Å². The van der Waals surface area contributed by atoms with Crippen molar-refractivity contribution in [2.75, 3.05) is 7.11 Å². The van der Waals surface area contributed by atoms with Crippen molar-refractivity contribution < 1.29 is 9.53 Å². The van der Waals surface area contributed by atoms with Gasteiger partial charge in [-0.05, 0) is 34.9 Å². The summed E-state index contributed by atoms with van der Waals surface area (Å²) in [5, 5.41) is 7.25. The first-order valence-corrected chi connectivity index (χ1v) is 13.8. The van der Waals surface area contributed by atoms with Crippen LogP contribution < -0.4 is 5.56 Å². The zero-order valence-corrected chi connectivity index (χ0v) is 23.3. The van der Waals surface area contributed by atoms with Gasteiger partial charge in [-0.3, -0.25) is 9.59 Å². The minimum Gasteiger partial charge on any atom is -0.367 e. The van der Waals surface area contributed by atoms with Crippen LogP contribution in [0.3, 0.4) is 0 Å². The smallest absolute Gasteiger partial charge is 0.276 e. The van der Waals surface area contributed by atoms with Crippen LogP contribution in [0.4, 0.5) is 0 Å². The first kappa shape index (κ1) is 25.9. The van der Waals surface area contributed by atoms with E-state index in [1.54, 1.807) is 0 Å². The number of hydrogen-bond donors (Lipinski definition) is 1. The molecule has 0 bridgehead atoms. The molecule has 1 aliphatic rings. The molecular weight excluding hydrogens is 566 g/mol. The lowest BCUT2D eigenvalue weighted by Gasteiger charge is -2.26. The van der Waals surface area contributed by atoms with Gasteiger partial charge < -0.3 is 9.72 Å². The number of hydrogen-bond acceptors (Lipinski definition) is 4. The molecule has 4 aromatic carbocycles. The Morgan fingerprint density at radius 1 is 0.925 bits per heavy atom. The summed E-state index contributed by atoms with van der Waals surface area (Å²) in [5.74, 6) is -0.293. The second kappa shape index (κ2) is 11.0. The standard InChI is InChI=1S/C33H26BrN3O3/c1-40-31(23-15-9-4-10-16-23)33(39)37-28(21-11-5-2-6-12-21)20-27(36-37)30-29(22-13-7-3-8-14-22)25-19-24(34)17-18-26(25)35-32(30)38/h2-19,28,31H,20H2,1H3,(H,35,38). The van der Waals surface area contributed by atoms with Gasteiger partial charge in [0.05, 0.1) is 17.3 Å². The molecule has 7 heteroatoms. The van der Waals surface area contributed by atoms with Crippen molar-refractivity contribution in [3.05, 3.63) is 141 Å². The van der Waals surface area contributed by atoms with Crippen LogP contribution in [0.25, 0.3) is 22.0 Å². The molecule has 1 N–H and O–H groups in total. The van der Waals surface area contributed by atoms with Crippen LogP contribution in [0.15, 0.2) is 124 Å². The van der Waals surface area contributed by atoms with Crippen LogP contribution in [-0.2, 0) is 9.53 Å². The molecule has 1 amide bonds. The number of fused-ring (bicyclic) bond motifs is 1. The molecule has 0 saturated heterocycles. The molecule has 1 aromatic heterocycles. The summed E-state index contributed by atoms with van der Waals surface area (Å²) in [7, 11) is 1.52. The van der Waals surface area contributed by atoms with Crippen LogP contribution in [0, 0.1) is 0 Å². The average molecular weight is 592 g/mol. The number of halogens is 1. The van der Waals surface area contributed by atoms with Crippen molar-refractivity contribution in [2.24, 2.45) is 5.10 Å². The van der Waals surface area contributed by atoms with Crippen molar-refractivity contribution in [3.8, 4) is 11.1 Å². The van der Waals surface area contributed by atoms with E-state index in [1.165, 1.54) is 12.1 Å². The van der Waals surface area contributed by atoms with Crippen LogP contribution in [0.1, 0.15) is 35.3 Å². The molecule has 0 spiro atoms. The molecule has 2 heterocycles. The van der Waals surface area contributed by atoms with Crippen molar-refractivity contribution in [1.29, 1.82) is 0 Å². The van der Waals surface area contributed by atoms with Crippen molar-refractivity contribution >= 4 is 38.5 Å². The number of rotatable bonds is 6. The molecule has 6 rings (SSSR count). The van der Waals surface area contributed by atoms with E-state index in [9.17, 15) is 9.59 Å². The number of carbonyl (C=O) groups excluding carboxylic acids is 1. The van der Waals surface area contributed by atoms with Gasteiger partial charge in [0, 0.05) is 34.5 Å². The van der Waals surface area contributed by atoms with E-state index in [4.69, 9.17) is 9.84 Å². The molecule has 2 atom stereocenters. The lowest BCUT2D eigenvalue weighted by Crippen LogP contribution is -2.32. The number of nitrogens with one attached hydrogen (secondary N) is 1. The van der Waals surface area contributed by atoms with E-state index in [1.807, 2.05) is 109 Å². The summed E-state index contributed by atoms with van der Waals surface area (Å²) >= 11 is 3.59. The average Bonchev–Trinajstić information content (AvgIpc) is 3.44. The lowest BCUT2D eigenvalue weighted by molar-refractivity contribution is -0.144. The van der Waals surface area contributed by atoms with Crippen molar-refractivity contribution in [2.45, 2.75) is 18.6 Å². The van der Waals surface area contributed by atoms with Gasteiger partial charge >= 0.3 is 0 Å². The van der Waals surface area contributed by atoms with Gasteiger partial charge in [0.15, 0.2) is 6.10 Å². The Bertz CT molecular complexity index is 1770. The van der Waals surface area contributed by atoms with Gasteiger partial charge in [-0.2, -0.15) is 5.10 Å². The number of amides is 1. The molecule has 6 nitrogen and oxygen atoms in total. The fourth-order valence-electron chi connectivity index (χ4n) is 5.37. The number of H-pyrrole nitrogens is 1.